The standard InChI is InChI=1S/C46H88O6/c1-5-7-9-11-13-15-16-17-18-22-27-31-35-39-46(49)52-43(40-50-44(47)37-33-29-25-20-14-12-10-8-6-2)41-51-45(48)38-34-30-26-23-19-21-24-28-32-36-42(3)4/h42-43H,5-41H2,1-4H3/t43-/m0/s1. The quantitative estimate of drug-likeness (QED) is 0.0353. The first kappa shape index (κ1) is 50.4. The molecule has 0 aromatic rings. The molecule has 0 bridgehead atoms. The number of carbonyl (C=O) groups excluding carboxylic acids is 3. The van der Waals surface area contributed by atoms with Crippen LogP contribution in [0.2, 0.25) is 0 Å². The lowest BCUT2D eigenvalue weighted by molar-refractivity contribution is -0.167. The Bertz CT molecular complexity index is 781. The van der Waals surface area contributed by atoms with Crippen LogP contribution in [0.25, 0.3) is 0 Å². The molecule has 52 heavy (non-hydrogen) atoms. The number of rotatable bonds is 41. The molecule has 1 atom stereocenters. The SMILES string of the molecule is CCCCCCCCCCCCCCCC(=O)O[C@@H](COC(=O)CCCCCCCCCCC)COC(=O)CCCCCCCCCCCC(C)C. The van der Waals surface area contributed by atoms with Gasteiger partial charge >= 0.3 is 17.9 Å². The lowest BCUT2D eigenvalue weighted by Crippen LogP contribution is -2.30. The summed E-state index contributed by atoms with van der Waals surface area (Å²) in [4.78, 5) is 37.6. The van der Waals surface area contributed by atoms with Crippen LogP contribution in [0.15, 0.2) is 0 Å². The highest BCUT2D eigenvalue weighted by atomic mass is 16.6. The Kier molecular flexibility index (Phi) is 39.4. The number of unbranched alkanes of at least 4 members (excludes halogenated alkanes) is 28. The predicted molar refractivity (Wildman–Crippen MR) is 220 cm³/mol. The van der Waals surface area contributed by atoms with Crippen LogP contribution in [0.4, 0.5) is 0 Å². The molecule has 0 amide bonds. The Morgan fingerprint density at radius 2 is 0.635 bits per heavy atom. The Hall–Kier alpha value is -1.59. The summed E-state index contributed by atoms with van der Waals surface area (Å²) in [7, 11) is 0. The molecular weight excluding hydrogens is 648 g/mol. The number of hydrogen-bond acceptors (Lipinski definition) is 6. The number of carbonyl (C=O) groups is 3. The third kappa shape index (κ3) is 39.6. The van der Waals surface area contributed by atoms with Crippen LogP contribution in [0.3, 0.4) is 0 Å². The van der Waals surface area contributed by atoms with E-state index in [9.17, 15) is 14.4 Å². The van der Waals surface area contributed by atoms with Crippen molar-refractivity contribution in [2.24, 2.45) is 5.92 Å². The van der Waals surface area contributed by atoms with Crippen molar-refractivity contribution in [1.29, 1.82) is 0 Å². The molecule has 6 nitrogen and oxygen atoms in total. The van der Waals surface area contributed by atoms with E-state index in [0.29, 0.717) is 19.3 Å². The van der Waals surface area contributed by atoms with Crippen LogP contribution in [-0.4, -0.2) is 37.2 Å². The highest BCUT2D eigenvalue weighted by molar-refractivity contribution is 5.71. The highest BCUT2D eigenvalue weighted by Crippen LogP contribution is 2.16. The van der Waals surface area contributed by atoms with Gasteiger partial charge in [-0.25, -0.2) is 0 Å². The van der Waals surface area contributed by atoms with Gasteiger partial charge in [-0.3, -0.25) is 14.4 Å². The molecule has 0 saturated carbocycles. The van der Waals surface area contributed by atoms with Gasteiger partial charge in [-0.1, -0.05) is 214 Å². The number of esters is 3. The summed E-state index contributed by atoms with van der Waals surface area (Å²) in [5.74, 6) is -0.0479. The van der Waals surface area contributed by atoms with E-state index in [1.807, 2.05) is 0 Å². The third-order valence-electron chi connectivity index (χ3n) is 10.3. The third-order valence-corrected chi connectivity index (χ3v) is 10.3. The van der Waals surface area contributed by atoms with Gasteiger partial charge in [0.15, 0.2) is 6.10 Å². The summed E-state index contributed by atoms with van der Waals surface area (Å²) in [5, 5.41) is 0. The van der Waals surface area contributed by atoms with E-state index < -0.39 is 6.10 Å². The summed E-state index contributed by atoms with van der Waals surface area (Å²) < 4.78 is 16.7. The van der Waals surface area contributed by atoms with E-state index >= 15 is 0 Å². The molecule has 0 aliphatic rings. The lowest BCUT2D eigenvalue weighted by atomic mass is 10.0. The molecule has 0 aromatic carbocycles. The molecule has 0 aromatic heterocycles. The van der Waals surface area contributed by atoms with Crippen molar-refractivity contribution in [3.05, 3.63) is 0 Å². The van der Waals surface area contributed by atoms with Crippen molar-refractivity contribution in [2.75, 3.05) is 13.2 Å². The summed E-state index contributed by atoms with van der Waals surface area (Å²) in [5.41, 5.74) is 0. The normalized spacial score (nSPS) is 11.9. The average Bonchev–Trinajstić information content (AvgIpc) is 3.12. The molecule has 6 heteroatoms. The van der Waals surface area contributed by atoms with Gasteiger partial charge in [-0.05, 0) is 25.2 Å². The zero-order chi connectivity index (χ0) is 38.2. The van der Waals surface area contributed by atoms with Gasteiger partial charge < -0.3 is 14.2 Å². The van der Waals surface area contributed by atoms with E-state index in [2.05, 4.69) is 27.7 Å². The number of hydrogen-bond donors (Lipinski definition) is 0. The van der Waals surface area contributed by atoms with Crippen molar-refractivity contribution in [3.8, 4) is 0 Å². The minimum Gasteiger partial charge on any atom is -0.462 e. The lowest BCUT2D eigenvalue weighted by Gasteiger charge is -2.18. The average molecular weight is 737 g/mol. The molecular formula is C46H88O6. The molecule has 0 rings (SSSR count). The maximum absolute atomic E-state index is 12.7. The van der Waals surface area contributed by atoms with Gasteiger partial charge in [0.1, 0.15) is 13.2 Å². The van der Waals surface area contributed by atoms with Gasteiger partial charge in [-0.2, -0.15) is 0 Å². The summed E-state index contributed by atoms with van der Waals surface area (Å²) >= 11 is 0. The van der Waals surface area contributed by atoms with Gasteiger partial charge in [0, 0.05) is 19.3 Å². The Morgan fingerprint density at radius 3 is 0.942 bits per heavy atom. The molecule has 0 heterocycles. The summed E-state index contributed by atoms with van der Waals surface area (Å²) in [6.07, 6.45) is 39.4. The molecule has 0 radical (unpaired) electrons. The molecule has 0 spiro atoms. The second-order valence-corrected chi connectivity index (χ2v) is 16.2. The molecule has 0 aliphatic heterocycles. The maximum atomic E-state index is 12.7. The Labute approximate surface area is 323 Å². The van der Waals surface area contributed by atoms with Crippen molar-refractivity contribution in [2.45, 2.75) is 259 Å². The van der Waals surface area contributed by atoms with Crippen LogP contribution >= 0.6 is 0 Å². The second kappa shape index (κ2) is 40.6. The monoisotopic (exact) mass is 737 g/mol. The molecule has 308 valence electrons. The van der Waals surface area contributed by atoms with Gasteiger partial charge in [0.05, 0.1) is 0 Å². The fourth-order valence-electron chi connectivity index (χ4n) is 6.80. The fourth-order valence-corrected chi connectivity index (χ4v) is 6.80. The topological polar surface area (TPSA) is 78.9 Å². The molecule has 0 aliphatic carbocycles. The van der Waals surface area contributed by atoms with Crippen molar-refractivity contribution >= 4 is 17.9 Å². The van der Waals surface area contributed by atoms with E-state index in [1.165, 1.54) is 148 Å². The van der Waals surface area contributed by atoms with Crippen LogP contribution < -0.4 is 0 Å². The molecule has 0 fully saturated rings. The minimum atomic E-state index is -0.758. The van der Waals surface area contributed by atoms with E-state index in [4.69, 9.17) is 14.2 Å². The maximum Gasteiger partial charge on any atom is 0.306 e. The van der Waals surface area contributed by atoms with Gasteiger partial charge in [0.2, 0.25) is 0 Å². The zero-order valence-corrected chi connectivity index (χ0v) is 35.3. The smallest absolute Gasteiger partial charge is 0.306 e. The Balaban J connectivity index is 4.32. The van der Waals surface area contributed by atoms with Gasteiger partial charge in [0.25, 0.3) is 0 Å². The van der Waals surface area contributed by atoms with Gasteiger partial charge in [-0.15, -0.1) is 0 Å². The predicted octanol–water partition coefficient (Wildman–Crippen LogP) is 14.3. The van der Waals surface area contributed by atoms with Crippen LogP contribution in [0.5, 0.6) is 0 Å². The fraction of sp³-hybridized carbons (Fsp3) is 0.935. The first-order chi connectivity index (χ1) is 25.4. The number of ether oxygens (including phenoxy) is 3. The summed E-state index contributed by atoms with van der Waals surface area (Å²) in [6.45, 7) is 8.96. The van der Waals surface area contributed by atoms with Crippen molar-refractivity contribution in [3.63, 3.8) is 0 Å². The van der Waals surface area contributed by atoms with Crippen molar-refractivity contribution < 1.29 is 28.6 Å². The van der Waals surface area contributed by atoms with Crippen LogP contribution in [0.1, 0.15) is 252 Å². The van der Waals surface area contributed by atoms with Crippen molar-refractivity contribution in [1.82, 2.24) is 0 Å². The van der Waals surface area contributed by atoms with E-state index in [-0.39, 0.29) is 31.1 Å². The summed E-state index contributed by atoms with van der Waals surface area (Å²) in [6, 6.07) is 0. The van der Waals surface area contributed by atoms with E-state index in [1.54, 1.807) is 0 Å². The van der Waals surface area contributed by atoms with E-state index in [0.717, 1.165) is 63.7 Å². The van der Waals surface area contributed by atoms with Crippen LogP contribution in [0, 0.1) is 5.92 Å². The minimum absolute atomic E-state index is 0.0641. The molecule has 0 unspecified atom stereocenters. The molecule has 0 saturated heterocycles. The first-order valence-electron chi connectivity index (χ1n) is 22.9. The van der Waals surface area contributed by atoms with Crippen LogP contribution in [-0.2, 0) is 28.6 Å². The second-order valence-electron chi connectivity index (χ2n) is 16.2. The Morgan fingerprint density at radius 1 is 0.365 bits per heavy atom. The largest absolute Gasteiger partial charge is 0.462 e. The highest BCUT2D eigenvalue weighted by Gasteiger charge is 2.19. The zero-order valence-electron chi connectivity index (χ0n) is 35.3. The molecule has 0 N–H and O–H groups in total. The first-order valence-corrected chi connectivity index (χ1v) is 22.9.